The van der Waals surface area contributed by atoms with Crippen LogP contribution < -0.4 is 14.8 Å². The number of hydrogen-bond acceptors (Lipinski definition) is 6. The number of hydrazone groups is 1. The van der Waals surface area contributed by atoms with E-state index >= 15 is 0 Å². The number of carbonyl (C=O) groups is 2. The molecular weight excluding hydrogens is 414 g/mol. The summed E-state index contributed by atoms with van der Waals surface area (Å²) in [6.07, 6.45) is 0.712. The Bertz CT molecular complexity index is 993. The molecule has 0 saturated carbocycles. The molecule has 0 saturated heterocycles. The lowest BCUT2D eigenvalue weighted by molar-refractivity contribution is -0.129. The van der Waals surface area contributed by atoms with Gasteiger partial charge in [0.1, 0.15) is 16.9 Å². The first-order valence-corrected chi connectivity index (χ1v) is 11.0. The molecule has 1 aliphatic rings. The predicted molar refractivity (Wildman–Crippen MR) is 122 cm³/mol. The van der Waals surface area contributed by atoms with E-state index in [9.17, 15) is 9.59 Å². The fourth-order valence-corrected chi connectivity index (χ4v) is 4.23. The largest absolute Gasteiger partial charge is 0.493 e. The maximum atomic E-state index is 12.1. The zero-order valence-corrected chi connectivity index (χ0v) is 19.0. The molecule has 3 rings (SSSR count). The summed E-state index contributed by atoms with van der Waals surface area (Å²) < 4.78 is 11.9. The van der Waals surface area contributed by atoms with Gasteiger partial charge >= 0.3 is 0 Å². The van der Waals surface area contributed by atoms with Gasteiger partial charge in [0.25, 0.3) is 0 Å². The molecule has 1 atom stereocenters. The Morgan fingerprint density at radius 2 is 1.77 bits per heavy atom. The van der Waals surface area contributed by atoms with Gasteiger partial charge in [-0.1, -0.05) is 42.1 Å². The molecule has 0 radical (unpaired) electrons. The van der Waals surface area contributed by atoms with E-state index in [-0.39, 0.29) is 11.8 Å². The fraction of sp³-hybridized carbons (Fsp3) is 0.348. The van der Waals surface area contributed by atoms with Crippen molar-refractivity contribution in [3.63, 3.8) is 0 Å². The van der Waals surface area contributed by atoms with Crippen LogP contribution in [0, 0.1) is 13.8 Å². The summed E-state index contributed by atoms with van der Waals surface area (Å²) in [4.78, 5) is 23.5. The van der Waals surface area contributed by atoms with Crippen LogP contribution in [0.15, 0.2) is 47.6 Å². The van der Waals surface area contributed by atoms with Crippen LogP contribution in [0.2, 0.25) is 0 Å². The Morgan fingerprint density at radius 3 is 2.48 bits per heavy atom. The molecule has 164 valence electrons. The molecule has 1 aliphatic heterocycles. The van der Waals surface area contributed by atoms with Crippen LogP contribution >= 0.6 is 11.8 Å². The lowest BCUT2D eigenvalue weighted by atomic mass is 10.1. The minimum atomic E-state index is -0.401. The molecule has 8 heteroatoms. The van der Waals surface area contributed by atoms with Gasteiger partial charge in [0.15, 0.2) is 5.17 Å². The van der Waals surface area contributed by atoms with Gasteiger partial charge in [-0.3, -0.25) is 9.59 Å². The third-order valence-electron chi connectivity index (χ3n) is 4.58. The first-order valence-electron chi connectivity index (χ1n) is 10.1. The van der Waals surface area contributed by atoms with Crippen molar-refractivity contribution >= 4 is 28.7 Å². The molecule has 31 heavy (non-hydrogen) atoms. The molecule has 1 N–H and O–H groups in total. The number of thioether (sulfide) groups is 1. The number of carbonyl (C=O) groups excluding carboxylic acids is 2. The van der Waals surface area contributed by atoms with E-state index in [4.69, 9.17) is 9.47 Å². The minimum Gasteiger partial charge on any atom is -0.493 e. The van der Waals surface area contributed by atoms with Gasteiger partial charge in [-0.2, -0.15) is 0 Å². The van der Waals surface area contributed by atoms with E-state index in [0.29, 0.717) is 30.6 Å². The van der Waals surface area contributed by atoms with Crippen LogP contribution in [-0.4, -0.2) is 35.2 Å². The smallest absolute Gasteiger partial charge is 0.241 e. The number of nitrogens with zero attached hydrogens (tertiary/aromatic N) is 2. The van der Waals surface area contributed by atoms with Gasteiger partial charge in [-0.05, 0) is 37.1 Å². The van der Waals surface area contributed by atoms with Crippen LogP contribution in [0.4, 0.5) is 0 Å². The van der Waals surface area contributed by atoms with E-state index in [2.05, 4.69) is 22.6 Å². The second kappa shape index (κ2) is 10.3. The average Bonchev–Trinajstić information content (AvgIpc) is 3.14. The highest BCUT2D eigenvalue weighted by Gasteiger charge is 2.34. The van der Waals surface area contributed by atoms with Crippen LogP contribution in [0.1, 0.15) is 42.3 Å². The maximum absolute atomic E-state index is 12.1. The second-order valence-electron chi connectivity index (χ2n) is 7.28. The first-order chi connectivity index (χ1) is 14.8. The van der Waals surface area contributed by atoms with Gasteiger partial charge in [-0.15, -0.1) is 5.10 Å². The number of amidine groups is 1. The third-order valence-corrected chi connectivity index (χ3v) is 5.67. The molecule has 0 fully saturated rings. The third kappa shape index (κ3) is 6.01. The van der Waals surface area contributed by atoms with E-state index in [1.54, 1.807) is 0 Å². The molecule has 0 aromatic heterocycles. The van der Waals surface area contributed by atoms with Gasteiger partial charge in [0.2, 0.25) is 11.8 Å². The van der Waals surface area contributed by atoms with E-state index in [1.165, 1.54) is 30.6 Å². The van der Waals surface area contributed by atoms with Crippen molar-refractivity contribution in [2.24, 2.45) is 5.10 Å². The molecule has 2 aromatic carbocycles. The highest BCUT2D eigenvalue weighted by Crippen LogP contribution is 2.42. The standard InChI is InChI=1S/C23H27N3O4S/c1-15-10-11-16(2)21(14-15)30-13-7-12-29-20-9-6-5-8-19(20)22-26(18(4)28)25-23(31-22)24-17(3)27/h5-6,8-11,14,22H,7,12-13H2,1-4H3,(H,24,25,27)/t22-/m1/s1. The van der Waals surface area contributed by atoms with Crippen LogP contribution in [-0.2, 0) is 9.59 Å². The zero-order chi connectivity index (χ0) is 22.4. The number of nitrogens with one attached hydrogen (secondary N) is 1. The van der Waals surface area contributed by atoms with Gasteiger partial charge in [-0.25, -0.2) is 5.01 Å². The summed E-state index contributed by atoms with van der Waals surface area (Å²) in [5, 5.41) is 8.25. The predicted octanol–water partition coefficient (Wildman–Crippen LogP) is 4.15. The number of benzene rings is 2. The summed E-state index contributed by atoms with van der Waals surface area (Å²) in [5.74, 6) is 1.12. The molecule has 1 heterocycles. The topological polar surface area (TPSA) is 80.2 Å². The monoisotopic (exact) mass is 441 g/mol. The number of aryl methyl sites for hydroxylation is 2. The van der Waals surface area contributed by atoms with E-state index in [0.717, 1.165) is 22.4 Å². The molecule has 2 amide bonds. The fourth-order valence-electron chi connectivity index (χ4n) is 3.07. The van der Waals surface area contributed by atoms with Crippen LogP contribution in [0.3, 0.4) is 0 Å². The van der Waals surface area contributed by atoms with Gasteiger partial charge in [0, 0.05) is 25.8 Å². The van der Waals surface area contributed by atoms with E-state index in [1.807, 2.05) is 44.2 Å². The average molecular weight is 442 g/mol. The summed E-state index contributed by atoms with van der Waals surface area (Å²) in [6, 6.07) is 13.7. The first kappa shape index (κ1) is 22.7. The van der Waals surface area contributed by atoms with Crippen molar-refractivity contribution in [3.8, 4) is 11.5 Å². The van der Waals surface area contributed by atoms with Crippen LogP contribution in [0.5, 0.6) is 11.5 Å². The number of hydrogen-bond donors (Lipinski definition) is 1. The van der Waals surface area contributed by atoms with Crippen molar-refractivity contribution in [2.45, 2.75) is 39.5 Å². The quantitative estimate of drug-likeness (QED) is 0.653. The Balaban J connectivity index is 1.61. The number of rotatable bonds is 7. The van der Waals surface area contributed by atoms with Crippen molar-refractivity contribution in [1.29, 1.82) is 0 Å². The SMILES string of the molecule is CC(=O)NC1=NN(C(C)=O)[C@@H](c2ccccc2OCCCOc2cc(C)ccc2C)S1. The highest BCUT2D eigenvalue weighted by atomic mass is 32.2. The zero-order valence-electron chi connectivity index (χ0n) is 18.2. The van der Waals surface area contributed by atoms with Crippen molar-refractivity contribution in [2.75, 3.05) is 13.2 Å². The van der Waals surface area contributed by atoms with Gasteiger partial charge in [0.05, 0.1) is 13.2 Å². The summed E-state index contributed by atoms with van der Waals surface area (Å²) >= 11 is 1.31. The molecule has 0 spiro atoms. The van der Waals surface area contributed by atoms with E-state index < -0.39 is 5.37 Å². The molecule has 0 unspecified atom stereocenters. The van der Waals surface area contributed by atoms with Gasteiger partial charge < -0.3 is 14.8 Å². The van der Waals surface area contributed by atoms with Crippen LogP contribution in [0.25, 0.3) is 0 Å². The summed E-state index contributed by atoms with van der Waals surface area (Å²) in [7, 11) is 0. The van der Waals surface area contributed by atoms with Crippen molar-refractivity contribution < 1.29 is 19.1 Å². The Labute approximate surface area is 186 Å². The number of para-hydroxylation sites is 1. The minimum absolute atomic E-state index is 0.213. The Kier molecular flexibility index (Phi) is 7.57. The number of ether oxygens (including phenoxy) is 2. The Hall–Kier alpha value is -3.00. The second-order valence-corrected chi connectivity index (χ2v) is 8.35. The summed E-state index contributed by atoms with van der Waals surface area (Å²) in [5.41, 5.74) is 3.09. The van der Waals surface area contributed by atoms with Crippen molar-refractivity contribution in [3.05, 3.63) is 59.2 Å². The highest BCUT2D eigenvalue weighted by molar-refractivity contribution is 8.14. The lowest BCUT2D eigenvalue weighted by Crippen LogP contribution is -2.25. The van der Waals surface area contributed by atoms with Crippen molar-refractivity contribution in [1.82, 2.24) is 10.3 Å². The normalized spacial score (nSPS) is 15.4. The number of amides is 2. The lowest BCUT2D eigenvalue weighted by Gasteiger charge is -2.22. The maximum Gasteiger partial charge on any atom is 0.241 e. The molecule has 0 bridgehead atoms. The molecular formula is C23H27N3O4S. The molecule has 2 aromatic rings. The molecule has 7 nitrogen and oxygen atoms in total. The Morgan fingerprint density at radius 1 is 1.06 bits per heavy atom. The summed E-state index contributed by atoms with van der Waals surface area (Å²) in [6.45, 7) is 7.93. The molecule has 0 aliphatic carbocycles.